The molecule has 0 atom stereocenters. The summed E-state index contributed by atoms with van der Waals surface area (Å²) in [5, 5.41) is 0. The fourth-order valence-corrected chi connectivity index (χ4v) is 1.30. The van der Waals surface area contributed by atoms with E-state index in [1.54, 1.807) is 0 Å². The second-order valence-corrected chi connectivity index (χ2v) is 2.63. The van der Waals surface area contributed by atoms with Crippen LogP contribution in [-0.2, 0) is 0 Å². The summed E-state index contributed by atoms with van der Waals surface area (Å²) >= 11 is 0. The predicted molar refractivity (Wildman–Crippen MR) is 45.1 cm³/mol. The monoisotopic (exact) mass is 140 g/mol. The van der Waals surface area contributed by atoms with Crippen LogP contribution in [-0.4, -0.2) is 0 Å². The fraction of sp³-hybridized carbons (Fsp3) is 0.182. The Morgan fingerprint density at radius 2 is 2.18 bits per heavy atom. The first-order valence-corrected chi connectivity index (χ1v) is 3.76. The van der Waals surface area contributed by atoms with Crippen molar-refractivity contribution in [3.8, 4) is 0 Å². The van der Waals surface area contributed by atoms with E-state index in [2.05, 4.69) is 29.3 Å². The molecule has 0 aromatic carbocycles. The van der Waals surface area contributed by atoms with Gasteiger partial charge in [-0.3, -0.25) is 0 Å². The van der Waals surface area contributed by atoms with Crippen LogP contribution in [0, 0.1) is 0 Å². The first kappa shape index (κ1) is 6.28. The highest BCUT2D eigenvalue weighted by molar-refractivity contribution is 5.42. The van der Waals surface area contributed by atoms with E-state index in [0.717, 1.165) is 12.8 Å². The number of hydrogen-bond acceptors (Lipinski definition) is 0. The first-order valence-electron chi connectivity index (χ1n) is 3.76. The van der Waals surface area contributed by atoms with Gasteiger partial charge in [-0.1, -0.05) is 29.2 Å². The normalized spacial score (nSPS) is 18.9. The van der Waals surface area contributed by atoms with E-state index in [0.29, 0.717) is 0 Å². The highest BCUT2D eigenvalue weighted by Crippen LogP contribution is 2.23. The van der Waals surface area contributed by atoms with Crippen LogP contribution in [0.15, 0.2) is 52.6 Å². The smallest absolute Gasteiger partial charge is 0.00365 e. The number of rotatable bonds is 0. The Bertz CT molecular complexity index is 359. The van der Waals surface area contributed by atoms with Gasteiger partial charge in [0.05, 0.1) is 0 Å². The van der Waals surface area contributed by atoms with E-state index in [4.69, 9.17) is 0 Å². The zero-order chi connectivity index (χ0) is 7.52. The Balaban J connectivity index is 2.52. The lowest BCUT2D eigenvalue weighted by Crippen LogP contribution is -1.79. The van der Waals surface area contributed by atoms with Crippen molar-refractivity contribution in [3.05, 3.63) is 52.6 Å². The van der Waals surface area contributed by atoms with Gasteiger partial charge in [0.25, 0.3) is 0 Å². The van der Waals surface area contributed by atoms with E-state index in [1.165, 1.54) is 11.1 Å². The lowest BCUT2D eigenvalue weighted by Gasteiger charge is -1.97. The molecular formula is C11H8. The van der Waals surface area contributed by atoms with Crippen LogP contribution >= 0.6 is 0 Å². The van der Waals surface area contributed by atoms with Crippen molar-refractivity contribution in [2.45, 2.75) is 12.8 Å². The summed E-state index contributed by atoms with van der Waals surface area (Å²) in [6, 6.07) is 0. The molecule has 2 rings (SSSR count). The quantitative estimate of drug-likeness (QED) is 0.454. The van der Waals surface area contributed by atoms with Gasteiger partial charge >= 0.3 is 0 Å². The molecule has 0 N–H and O–H groups in total. The van der Waals surface area contributed by atoms with Crippen LogP contribution in [0.3, 0.4) is 0 Å². The fourth-order valence-electron chi connectivity index (χ4n) is 1.30. The van der Waals surface area contributed by atoms with Crippen LogP contribution in [0.4, 0.5) is 0 Å². The maximum atomic E-state index is 2.93. The van der Waals surface area contributed by atoms with Crippen molar-refractivity contribution in [2.24, 2.45) is 0 Å². The molecule has 0 nitrogen and oxygen atoms in total. The molecule has 2 aliphatic carbocycles. The largest absolute Gasteiger partial charge is 0.0798 e. The molecule has 0 aromatic rings. The Labute approximate surface area is 66.2 Å². The third-order valence-electron chi connectivity index (χ3n) is 1.89. The molecule has 0 aromatic heterocycles. The van der Waals surface area contributed by atoms with Crippen molar-refractivity contribution in [2.75, 3.05) is 0 Å². The molecule has 0 unspecified atom stereocenters. The van der Waals surface area contributed by atoms with Crippen LogP contribution < -0.4 is 0 Å². The first-order chi connectivity index (χ1) is 5.47. The molecule has 0 radical (unpaired) electrons. The van der Waals surface area contributed by atoms with Gasteiger partial charge in [0, 0.05) is 0 Å². The zero-order valence-corrected chi connectivity index (χ0v) is 6.22. The van der Waals surface area contributed by atoms with Gasteiger partial charge in [-0.25, -0.2) is 0 Å². The van der Waals surface area contributed by atoms with Gasteiger partial charge in [0.15, 0.2) is 0 Å². The molecule has 2 aliphatic rings. The number of allylic oxidation sites excluding steroid dienone is 6. The van der Waals surface area contributed by atoms with Gasteiger partial charge in [0.2, 0.25) is 0 Å². The topological polar surface area (TPSA) is 0 Å². The van der Waals surface area contributed by atoms with Gasteiger partial charge in [-0.2, -0.15) is 0 Å². The van der Waals surface area contributed by atoms with E-state index < -0.39 is 0 Å². The summed E-state index contributed by atoms with van der Waals surface area (Å²) in [5.74, 6) is 0. The molecule has 52 valence electrons. The highest BCUT2D eigenvalue weighted by atomic mass is 14.1. The molecule has 11 heavy (non-hydrogen) atoms. The molecule has 0 amide bonds. The summed E-state index contributed by atoms with van der Waals surface area (Å²) < 4.78 is 0. The third-order valence-corrected chi connectivity index (χ3v) is 1.89. The number of hydrogen-bond donors (Lipinski definition) is 0. The van der Waals surface area contributed by atoms with Gasteiger partial charge in [-0.05, 0) is 36.3 Å². The third kappa shape index (κ3) is 1.19. The van der Waals surface area contributed by atoms with Crippen molar-refractivity contribution in [3.63, 3.8) is 0 Å². The molecule has 0 heteroatoms. The van der Waals surface area contributed by atoms with Crippen LogP contribution in [0.5, 0.6) is 0 Å². The molecule has 0 saturated heterocycles. The lowest BCUT2D eigenvalue weighted by atomic mass is 10.1. The Morgan fingerprint density at radius 1 is 1.18 bits per heavy atom. The summed E-state index contributed by atoms with van der Waals surface area (Å²) in [6.07, 6.45) is 10.4. The van der Waals surface area contributed by atoms with E-state index >= 15 is 0 Å². The molecule has 0 aliphatic heterocycles. The predicted octanol–water partition coefficient (Wildman–Crippen LogP) is 2.67. The maximum Gasteiger partial charge on any atom is -0.00365 e. The van der Waals surface area contributed by atoms with Crippen molar-refractivity contribution in [1.82, 2.24) is 0 Å². The van der Waals surface area contributed by atoms with Crippen LogP contribution in [0.2, 0.25) is 0 Å². The average Bonchev–Trinajstić information content (AvgIpc) is 2.35. The van der Waals surface area contributed by atoms with E-state index in [-0.39, 0.29) is 0 Å². The summed E-state index contributed by atoms with van der Waals surface area (Å²) in [5.41, 5.74) is 11.4. The van der Waals surface area contributed by atoms with E-state index in [1.807, 2.05) is 12.2 Å². The second kappa shape index (κ2) is 2.66. The molecule has 0 saturated carbocycles. The van der Waals surface area contributed by atoms with Gasteiger partial charge in [-0.15, -0.1) is 0 Å². The van der Waals surface area contributed by atoms with E-state index in [9.17, 15) is 0 Å². The summed E-state index contributed by atoms with van der Waals surface area (Å²) in [7, 11) is 0. The molecule has 0 heterocycles. The molecule has 0 fully saturated rings. The minimum atomic E-state index is 1.01. The minimum absolute atomic E-state index is 1.01. The minimum Gasteiger partial charge on any atom is -0.0798 e. The lowest BCUT2D eigenvalue weighted by molar-refractivity contribution is 1.12. The molecule has 0 bridgehead atoms. The highest BCUT2D eigenvalue weighted by Gasteiger charge is 2.04. The average molecular weight is 140 g/mol. The summed E-state index contributed by atoms with van der Waals surface area (Å²) in [4.78, 5) is 0. The molecule has 0 spiro atoms. The van der Waals surface area contributed by atoms with Gasteiger partial charge < -0.3 is 0 Å². The Kier molecular flexibility index (Phi) is 1.52. The summed E-state index contributed by atoms with van der Waals surface area (Å²) in [6.45, 7) is 0. The van der Waals surface area contributed by atoms with Crippen LogP contribution in [0.25, 0.3) is 0 Å². The van der Waals surface area contributed by atoms with Gasteiger partial charge in [0.1, 0.15) is 0 Å². The second-order valence-electron chi connectivity index (χ2n) is 2.63. The maximum absolute atomic E-state index is 2.93. The Hall–Kier alpha value is -1.44. The zero-order valence-electron chi connectivity index (χ0n) is 6.22. The van der Waals surface area contributed by atoms with Crippen molar-refractivity contribution >= 4 is 0 Å². The molecular weight excluding hydrogens is 132 g/mol. The Morgan fingerprint density at radius 3 is 3.18 bits per heavy atom. The standard InChI is InChI=1S/C11H8/c1-2-4-7-11-9-5-8-10(11)6-3-1/h3,5,7,9H,6,8H2. The van der Waals surface area contributed by atoms with Crippen molar-refractivity contribution in [1.29, 1.82) is 0 Å². The SMILES string of the molecule is C1=C=CCC2=C(C=C=1)C=CC2. The van der Waals surface area contributed by atoms with Crippen molar-refractivity contribution < 1.29 is 0 Å². The van der Waals surface area contributed by atoms with Crippen LogP contribution in [0.1, 0.15) is 12.8 Å².